The molecule has 0 aliphatic carbocycles. The molecule has 1 N–H and O–H groups in total. The number of phosphoric ester groups is 1. The number of hydrogen-bond donors (Lipinski definition) is 1. The fourth-order valence-corrected chi connectivity index (χ4v) is 9.12. The lowest BCUT2D eigenvalue weighted by atomic mass is 10.0. The van der Waals surface area contributed by atoms with Gasteiger partial charge in [0.05, 0.1) is 34.4 Å². The van der Waals surface area contributed by atoms with Crippen LogP contribution in [0.1, 0.15) is 284 Å². The lowest BCUT2D eigenvalue weighted by Gasteiger charge is -2.24. The Hall–Kier alpha value is -0.500. The third kappa shape index (κ3) is 52.3. The Balaban J connectivity index is 4.03. The van der Waals surface area contributed by atoms with E-state index in [-0.39, 0.29) is 25.8 Å². The number of quaternary nitrogens is 1. The molecule has 0 saturated carbocycles. The van der Waals surface area contributed by atoms with E-state index in [1.54, 1.807) is 0 Å². The van der Waals surface area contributed by atoms with Gasteiger partial charge in [0.2, 0.25) is 0 Å². The molecule has 8 nitrogen and oxygen atoms in total. The summed E-state index contributed by atoms with van der Waals surface area (Å²) in [7, 11) is 1.69. The first-order valence-corrected chi connectivity index (χ1v) is 29.3. The lowest BCUT2D eigenvalue weighted by Crippen LogP contribution is -2.37. The monoisotopic (exact) mass is 917 g/mol. The number of esters is 1. The molecule has 0 aliphatic heterocycles. The number of rotatable bonds is 53. The van der Waals surface area contributed by atoms with Crippen molar-refractivity contribution >= 4 is 13.8 Å². The quantitative estimate of drug-likeness (QED) is 0.0281. The molecule has 0 amide bonds. The van der Waals surface area contributed by atoms with Crippen molar-refractivity contribution in [2.45, 2.75) is 290 Å². The van der Waals surface area contributed by atoms with Crippen molar-refractivity contribution < 1.29 is 37.3 Å². The van der Waals surface area contributed by atoms with E-state index in [0.29, 0.717) is 24.1 Å². The predicted molar refractivity (Wildman–Crippen MR) is 271 cm³/mol. The molecule has 0 saturated heterocycles. The summed E-state index contributed by atoms with van der Waals surface area (Å²) in [5.74, 6) is -0.303. The van der Waals surface area contributed by atoms with Gasteiger partial charge in [0.1, 0.15) is 19.3 Å². The highest BCUT2D eigenvalue weighted by Crippen LogP contribution is 2.43. The Morgan fingerprint density at radius 3 is 1.05 bits per heavy atom. The van der Waals surface area contributed by atoms with Crippen LogP contribution in [0.2, 0.25) is 0 Å². The summed E-state index contributed by atoms with van der Waals surface area (Å²) >= 11 is 0. The van der Waals surface area contributed by atoms with Crippen LogP contribution in [0, 0.1) is 0 Å². The molecule has 0 fully saturated rings. The van der Waals surface area contributed by atoms with Crippen molar-refractivity contribution in [2.75, 3.05) is 54.1 Å². The van der Waals surface area contributed by atoms with Gasteiger partial charge in [-0.15, -0.1) is 0 Å². The maximum absolute atomic E-state index is 12.8. The van der Waals surface area contributed by atoms with Crippen LogP contribution in [0.25, 0.3) is 0 Å². The van der Waals surface area contributed by atoms with E-state index in [9.17, 15) is 14.3 Å². The van der Waals surface area contributed by atoms with E-state index >= 15 is 0 Å². The molecule has 0 aromatic rings. The predicted octanol–water partition coefficient (Wildman–Crippen LogP) is 17.2. The van der Waals surface area contributed by atoms with Gasteiger partial charge < -0.3 is 18.9 Å². The van der Waals surface area contributed by atoms with E-state index in [1.165, 1.54) is 231 Å². The highest BCUT2D eigenvalue weighted by molar-refractivity contribution is 7.47. The summed E-state index contributed by atoms with van der Waals surface area (Å²) in [5, 5.41) is 0. The van der Waals surface area contributed by atoms with E-state index in [2.05, 4.69) is 13.8 Å². The Bertz CT molecular complexity index is 976. The number of phosphoric acid groups is 1. The maximum atomic E-state index is 12.8. The maximum Gasteiger partial charge on any atom is 0.472 e. The first-order valence-electron chi connectivity index (χ1n) is 27.8. The second-order valence-electron chi connectivity index (χ2n) is 20.3. The Morgan fingerprint density at radius 1 is 0.429 bits per heavy atom. The van der Waals surface area contributed by atoms with E-state index in [0.717, 1.165) is 32.1 Å². The van der Waals surface area contributed by atoms with Gasteiger partial charge in [0, 0.05) is 13.0 Å². The standard InChI is InChI=1S/C54H110NO7P/c1-6-8-10-12-14-16-18-20-22-24-26-27-28-29-30-31-33-35-37-39-41-43-45-47-54(56)62-53(52-61-63(57,58)60-50-48-55(3,4)5)51-59-49-46-44-42-40-38-36-34-32-25-23-21-19-17-15-13-11-9-7-2/h53H,6-52H2,1-5H3/p+1/t53-/m1/s1. The molecule has 1 unspecified atom stereocenters. The summed E-state index contributed by atoms with van der Waals surface area (Å²) in [4.78, 5) is 23.0. The number of carbonyl (C=O) groups is 1. The summed E-state index contributed by atoms with van der Waals surface area (Å²) in [6, 6.07) is 0. The van der Waals surface area contributed by atoms with Crippen molar-refractivity contribution in [1.82, 2.24) is 0 Å². The van der Waals surface area contributed by atoms with E-state index < -0.39 is 13.9 Å². The molecule has 2 atom stereocenters. The topological polar surface area (TPSA) is 91.3 Å². The summed E-state index contributed by atoms with van der Waals surface area (Å²) < 4.78 is 35.2. The number of ether oxygens (including phenoxy) is 2. The first kappa shape index (κ1) is 62.5. The molecule has 0 rings (SSSR count). The summed E-state index contributed by atoms with van der Waals surface area (Å²) in [5.41, 5.74) is 0. The SMILES string of the molecule is CCCCCCCCCCCCCCCCCCCCCCCCCC(=O)O[C@H](COCCCCCCCCCCCCCCCCCCCC)COP(=O)(O)OCC[N+](C)(C)C. The smallest absolute Gasteiger partial charge is 0.457 e. The zero-order chi connectivity index (χ0) is 46.2. The van der Waals surface area contributed by atoms with Crippen LogP contribution in [-0.4, -0.2) is 75.6 Å². The largest absolute Gasteiger partial charge is 0.472 e. The number of unbranched alkanes of at least 4 members (excludes halogenated alkanes) is 39. The second kappa shape index (κ2) is 48.0. The van der Waals surface area contributed by atoms with Crippen LogP contribution in [0.4, 0.5) is 0 Å². The van der Waals surface area contributed by atoms with Gasteiger partial charge >= 0.3 is 13.8 Å². The molecule has 378 valence electrons. The average Bonchev–Trinajstić information content (AvgIpc) is 3.24. The molecule has 63 heavy (non-hydrogen) atoms. The van der Waals surface area contributed by atoms with Crippen LogP contribution in [0.3, 0.4) is 0 Å². The average molecular weight is 917 g/mol. The normalized spacial score (nSPS) is 13.4. The van der Waals surface area contributed by atoms with Gasteiger partial charge in [-0.05, 0) is 12.8 Å². The number of carbonyl (C=O) groups excluding carboxylic acids is 1. The molecule has 9 heteroatoms. The number of likely N-dealkylation sites (N-methyl/N-ethyl adjacent to an activating group) is 1. The Kier molecular flexibility index (Phi) is 47.6. The zero-order valence-electron chi connectivity index (χ0n) is 43.1. The summed E-state index contributed by atoms with van der Waals surface area (Å²) in [6.45, 7) is 5.72. The third-order valence-corrected chi connectivity index (χ3v) is 13.7. The van der Waals surface area contributed by atoms with E-state index in [1.807, 2.05) is 21.1 Å². The second-order valence-corrected chi connectivity index (χ2v) is 21.8. The van der Waals surface area contributed by atoms with Gasteiger partial charge in [-0.3, -0.25) is 13.8 Å². The molecule has 0 bridgehead atoms. The zero-order valence-corrected chi connectivity index (χ0v) is 44.0. The van der Waals surface area contributed by atoms with Crippen molar-refractivity contribution in [3.05, 3.63) is 0 Å². The third-order valence-electron chi connectivity index (χ3n) is 12.7. The van der Waals surface area contributed by atoms with Gasteiger partial charge in [0.25, 0.3) is 0 Å². The highest BCUT2D eigenvalue weighted by atomic mass is 31.2. The van der Waals surface area contributed by atoms with Crippen molar-refractivity contribution in [3.63, 3.8) is 0 Å². The van der Waals surface area contributed by atoms with Gasteiger partial charge in [-0.25, -0.2) is 4.57 Å². The highest BCUT2D eigenvalue weighted by Gasteiger charge is 2.26. The minimum absolute atomic E-state index is 0.0944. The Morgan fingerprint density at radius 2 is 0.730 bits per heavy atom. The molecular formula is C54H111NO7P+. The van der Waals surface area contributed by atoms with Crippen LogP contribution in [0.5, 0.6) is 0 Å². The van der Waals surface area contributed by atoms with Crippen molar-refractivity contribution in [1.29, 1.82) is 0 Å². The van der Waals surface area contributed by atoms with Gasteiger partial charge in [-0.2, -0.15) is 0 Å². The van der Waals surface area contributed by atoms with Crippen molar-refractivity contribution in [3.8, 4) is 0 Å². The molecule has 0 aromatic heterocycles. The van der Waals surface area contributed by atoms with Crippen LogP contribution >= 0.6 is 7.82 Å². The fraction of sp³-hybridized carbons (Fsp3) is 0.981. The van der Waals surface area contributed by atoms with Crippen molar-refractivity contribution in [2.24, 2.45) is 0 Å². The number of nitrogens with zero attached hydrogens (tertiary/aromatic N) is 1. The number of hydrogen-bond acceptors (Lipinski definition) is 6. The minimum atomic E-state index is -4.27. The molecular weight excluding hydrogens is 806 g/mol. The lowest BCUT2D eigenvalue weighted by molar-refractivity contribution is -0.870. The van der Waals surface area contributed by atoms with Crippen LogP contribution in [0.15, 0.2) is 0 Å². The van der Waals surface area contributed by atoms with Gasteiger partial charge in [0.15, 0.2) is 0 Å². The minimum Gasteiger partial charge on any atom is -0.457 e. The fourth-order valence-electron chi connectivity index (χ4n) is 8.38. The van der Waals surface area contributed by atoms with E-state index in [4.69, 9.17) is 18.5 Å². The van der Waals surface area contributed by atoms with Crippen LogP contribution in [-0.2, 0) is 27.9 Å². The first-order chi connectivity index (χ1) is 30.6. The molecule has 0 radical (unpaired) electrons. The molecule has 0 heterocycles. The Labute approximate surface area is 393 Å². The molecule has 0 aliphatic rings. The van der Waals surface area contributed by atoms with Gasteiger partial charge in [-0.1, -0.05) is 264 Å². The molecule has 0 aromatic carbocycles. The van der Waals surface area contributed by atoms with Crippen LogP contribution < -0.4 is 0 Å². The molecule has 0 spiro atoms. The summed E-state index contributed by atoms with van der Waals surface area (Å²) in [6.07, 6.45) is 54.4.